The van der Waals surface area contributed by atoms with Gasteiger partial charge in [0.2, 0.25) is 5.95 Å². The molecule has 3 rings (SSSR count). The van der Waals surface area contributed by atoms with Crippen molar-refractivity contribution in [3.8, 4) is 0 Å². The topological polar surface area (TPSA) is 75.2 Å². The second kappa shape index (κ2) is 7.64. The molecule has 0 radical (unpaired) electrons. The Balaban J connectivity index is 1.78. The lowest BCUT2D eigenvalue weighted by atomic mass is 10.00. The summed E-state index contributed by atoms with van der Waals surface area (Å²) in [7, 11) is 0. The van der Waals surface area contributed by atoms with Crippen molar-refractivity contribution in [1.82, 2.24) is 14.9 Å². The van der Waals surface area contributed by atoms with Crippen molar-refractivity contribution in [3.63, 3.8) is 0 Å². The van der Waals surface area contributed by atoms with E-state index >= 15 is 0 Å². The van der Waals surface area contributed by atoms with Gasteiger partial charge in [0, 0.05) is 30.0 Å². The van der Waals surface area contributed by atoms with E-state index in [9.17, 15) is 9.59 Å². The van der Waals surface area contributed by atoms with Crippen LogP contribution in [0.4, 0.5) is 11.6 Å². The molecule has 0 bridgehead atoms. The van der Waals surface area contributed by atoms with Crippen molar-refractivity contribution in [2.45, 2.75) is 33.6 Å². The minimum atomic E-state index is -0.0444. The van der Waals surface area contributed by atoms with Crippen LogP contribution in [0.1, 0.15) is 53.2 Å². The molecular formula is C20H24N4O2. The monoisotopic (exact) mass is 352 g/mol. The number of hydrogen-bond acceptors (Lipinski definition) is 5. The molecule has 1 saturated heterocycles. The summed E-state index contributed by atoms with van der Waals surface area (Å²) in [6.45, 7) is 7.10. The highest BCUT2D eigenvalue weighted by molar-refractivity contribution is 5.94. The van der Waals surface area contributed by atoms with E-state index in [1.165, 1.54) is 6.92 Å². The van der Waals surface area contributed by atoms with E-state index in [1.54, 1.807) is 30.3 Å². The van der Waals surface area contributed by atoms with E-state index in [0.29, 0.717) is 23.1 Å². The number of carbonyl (C=O) groups is 2. The fraction of sp³-hybridized carbons (Fsp3) is 0.400. The quantitative estimate of drug-likeness (QED) is 0.851. The summed E-state index contributed by atoms with van der Waals surface area (Å²) in [6.07, 6.45) is 2.19. The minimum absolute atomic E-state index is 0.0204. The first-order valence-electron chi connectivity index (χ1n) is 8.95. The molecule has 1 aliphatic rings. The predicted octanol–water partition coefficient (Wildman–Crippen LogP) is 3.60. The van der Waals surface area contributed by atoms with Gasteiger partial charge in [-0.1, -0.05) is 6.92 Å². The summed E-state index contributed by atoms with van der Waals surface area (Å²) in [6, 6.07) is 8.83. The van der Waals surface area contributed by atoms with Gasteiger partial charge in [-0.2, -0.15) is 0 Å². The Morgan fingerprint density at radius 1 is 1.19 bits per heavy atom. The third-order valence-corrected chi connectivity index (χ3v) is 4.57. The first-order chi connectivity index (χ1) is 12.4. The third-order valence-electron chi connectivity index (χ3n) is 4.57. The second-order valence-electron chi connectivity index (χ2n) is 6.98. The van der Waals surface area contributed by atoms with Gasteiger partial charge in [0.15, 0.2) is 5.78 Å². The predicted molar refractivity (Wildman–Crippen MR) is 101 cm³/mol. The molecule has 2 aromatic rings. The molecule has 0 spiro atoms. The van der Waals surface area contributed by atoms with Gasteiger partial charge in [-0.3, -0.25) is 9.59 Å². The molecule has 136 valence electrons. The van der Waals surface area contributed by atoms with E-state index in [1.807, 2.05) is 11.8 Å². The first-order valence-corrected chi connectivity index (χ1v) is 8.95. The Kier molecular flexibility index (Phi) is 5.30. The normalized spacial score (nSPS) is 17.0. The van der Waals surface area contributed by atoms with E-state index in [-0.39, 0.29) is 11.7 Å². The second-order valence-corrected chi connectivity index (χ2v) is 6.98. The maximum absolute atomic E-state index is 12.8. The molecule has 0 saturated carbocycles. The molecule has 1 aromatic heterocycles. The number of likely N-dealkylation sites (tertiary alicyclic amines) is 1. The van der Waals surface area contributed by atoms with Gasteiger partial charge in [0.25, 0.3) is 5.91 Å². The van der Waals surface area contributed by atoms with Gasteiger partial charge >= 0.3 is 0 Å². The van der Waals surface area contributed by atoms with Crippen LogP contribution in [0, 0.1) is 12.8 Å². The van der Waals surface area contributed by atoms with Crippen LogP contribution < -0.4 is 5.32 Å². The zero-order valence-corrected chi connectivity index (χ0v) is 15.5. The number of aromatic nitrogens is 2. The molecule has 6 heteroatoms. The van der Waals surface area contributed by atoms with Crippen molar-refractivity contribution in [2.24, 2.45) is 5.92 Å². The van der Waals surface area contributed by atoms with Crippen molar-refractivity contribution in [2.75, 3.05) is 18.4 Å². The summed E-state index contributed by atoms with van der Waals surface area (Å²) in [4.78, 5) is 34.8. The summed E-state index contributed by atoms with van der Waals surface area (Å²) in [5.41, 5.74) is 2.56. The molecular weight excluding hydrogens is 328 g/mol. The number of benzene rings is 1. The van der Waals surface area contributed by atoms with Crippen LogP contribution in [-0.4, -0.2) is 39.6 Å². The Labute approximate surface area is 153 Å². The number of piperidine rings is 1. The Morgan fingerprint density at radius 2 is 1.92 bits per heavy atom. The summed E-state index contributed by atoms with van der Waals surface area (Å²) < 4.78 is 0. The molecule has 6 nitrogen and oxygen atoms in total. The van der Waals surface area contributed by atoms with Crippen molar-refractivity contribution >= 4 is 23.3 Å². The SMILES string of the molecule is CC(=O)c1ccc(Nc2nc(C)cc(C(=O)N3CCCC(C)C3)n2)cc1. The molecule has 2 heterocycles. The molecule has 1 amide bonds. The summed E-state index contributed by atoms with van der Waals surface area (Å²) in [5, 5.41) is 3.11. The van der Waals surface area contributed by atoms with E-state index in [2.05, 4.69) is 22.2 Å². The van der Waals surface area contributed by atoms with Crippen LogP contribution >= 0.6 is 0 Å². The molecule has 1 atom stereocenters. The van der Waals surface area contributed by atoms with E-state index < -0.39 is 0 Å². The van der Waals surface area contributed by atoms with E-state index in [0.717, 1.165) is 37.3 Å². The number of aryl methyl sites for hydroxylation is 1. The molecule has 26 heavy (non-hydrogen) atoms. The molecule has 1 N–H and O–H groups in total. The highest BCUT2D eigenvalue weighted by Crippen LogP contribution is 2.19. The lowest BCUT2D eigenvalue weighted by Gasteiger charge is -2.30. The van der Waals surface area contributed by atoms with Crippen LogP contribution in [0.25, 0.3) is 0 Å². The number of rotatable bonds is 4. The number of nitrogens with one attached hydrogen (secondary N) is 1. The van der Waals surface area contributed by atoms with Crippen LogP contribution in [0.3, 0.4) is 0 Å². The molecule has 0 aliphatic carbocycles. The molecule has 1 aromatic carbocycles. The highest BCUT2D eigenvalue weighted by atomic mass is 16.2. The van der Waals surface area contributed by atoms with Crippen molar-refractivity contribution in [1.29, 1.82) is 0 Å². The minimum Gasteiger partial charge on any atom is -0.337 e. The number of anilines is 2. The molecule has 1 unspecified atom stereocenters. The average molecular weight is 352 g/mol. The lowest BCUT2D eigenvalue weighted by molar-refractivity contribution is 0.0676. The maximum atomic E-state index is 12.8. The highest BCUT2D eigenvalue weighted by Gasteiger charge is 2.23. The molecule has 1 aliphatic heterocycles. The lowest BCUT2D eigenvalue weighted by Crippen LogP contribution is -2.39. The number of amides is 1. The van der Waals surface area contributed by atoms with Crippen LogP contribution in [-0.2, 0) is 0 Å². The van der Waals surface area contributed by atoms with Gasteiger partial charge in [-0.25, -0.2) is 9.97 Å². The fourth-order valence-corrected chi connectivity index (χ4v) is 3.19. The third kappa shape index (κ3) is 4.25. The summed E-state index contributed by atoms with van der Waals surface area (Å²) >= 11 is 0. The van der Waals surface area contributed by atoms with Gasteiger partial charge in [-0.05, 0) is 62.9 Å². The Hall–Kier alpha value is -2.76. The number of carbonyl (C=O) groups excluding carboxylic acids is 2. The smallest absolute Gasteiger partial charge is 0.272 e. The Bertz CT molecular complexity index is 817. The number of hydrogen-bond donors (Lipinski definition) is 1. The standard InChI is InChI=1S/C20H24N4O2/c1-13-5-4-10-24(12-13)19(26)18-11-14(2)21-20(23-18)22-17-8-6-16(7-9-17)15(3)25/h6-9,11,13H,4-5,10,12H2,1-3H3,(H,21,22,23). The maximum Gasteiger partial charge on any atom is 0.272 e. The summed E-state index contributed by atoms with van der Waals surface area (Å²) in [5.74, 6) is 0.881. The Morgan fingerprint density at radius 3 is 2.58 bits per heavy atom. The fourth-order valence-electron chi connectivity index (χ4n) is 3.19. The largest absolute Gasteiger partial charge is 0.337 e. The van der Waals surface area contributed by atoms with Crippen LogP contribution in [0.2, 0.25) is 0 Å². The van der Waals surface area contributed by atoms with Gasteiger partial charge < -0.3 is 10.2 Å². The van der Waals surface area contributed by atoms with Crippen LogP contribution in [0.5, 0.6) is 0 Å². The average Bonchev–Trinajstić information content (AvgIpc) is 2.61. The van der Waals surface area contributed by atoms with Crippen molar-refractivity contribution < 1.29 is 9.59 Å². The number of ketones is 1. The van der Waals surface area contributed by atoms with E-state index in [4.69, 9.17) is 0 Å². The van der Waals surface area contributed by atoms with Gasteiger partial charge in [0.05, 0.1) is 0 Å². The van der Waals surface area contributed by atoms with Crippen LogP contribution in [0.15, 0.2) is 30.3 Å². The zero-order chi connectivity index (χ0) is 18.7. The molecule has 1 fully saturated rings. The van der Waals surface area contributed by atoms with Crippen molar-refractivity contribution in [3.05, 3.63) is 47.3 Å². The number of Topliss-reactive ketones (excluding diaryl/α,β-unsaturated/α-hetero) is 1. The van der Waals surface area contributed by atoms with Gasteiger partial charge in [0.1, 0.15) is 5.69 Å². The first kappa shape index (κ1) is 18.0. The van der Waals surface area contributed by atoms with Gasteiger partial charge in [-0.15, -0.1) is 0 Å². The zero-order valence-electron chi connectivity index (χ0n) is 15.5. The number of nitrogens with zero attached hydrogens (tertiary/aromatic N) is 3.